The van der Waals surface area contributed by atoms with Gasteiger partial charge in [0.05, 0.1) is 23.4 Å². The quantitative estimate of drug-likeness (QED) is 0.261. The SMILES string of the molecule is NC(=O)Cc1ccccc1CCc1nc(Nc2ccc(C3CCN(C(=O)O)CC3)cc2OC(F)(F)F)ncc1C(F)(F)F. The molecule has 0 aliphatic carbocycles. The third kappa shape index (κ3) is 8.49. The minimum atomic E-state index is -5.08. The molecule has 1 saturated heterocycles. The predicted molar refractivity (Wildman–Crippen MR) is 142 cm³/mol. The maximum Gasteiger partial charge on any atom is 0.573 e. The fourth-order valence-electron chi connectivity index (χ4n) is 4.95. The first-order valence-electron chi connectivity index (χ1n) is 13.1. The number of primary amides is 1. The van der Waals surface area contributed by atoms with Gasteiger partial charge in [-0.15, -0.1) is 13.2 Å². The number of ether oxygens (including phenoxy) is 1. The number of nitrogens with zero attached hydrogens (tertiary/aromatic N) is 3. The Morgan fingerprint density at radius 2 is 1.70 bits per heavy atom. The van der Waals surface area contributed by atoms with Crippen molar-refractivity contribution in [1.29, 1.82) is 0 Å². The highest BCUT2D eigenvalue weighted by Gasteiger charge is 2.36. The molecule has 4 N–H and O–H groups in total. The van der Waals surface area contributed by atoms with E-state index in [0.29, 0.717) is 35.7 Å². The Hall–Kier alpha value is -4.56. The van der Waals surface area contributed by atoms with Gasteiger partial charge in [0, 0.05) is 19.3 Å². The molecule has 1 aliphatic rings. The van der Waals surface area contributed by atoms with Crippen LogP contribution < -0.4 is 15.8 Å². The van der Waals surface area contributed by atoms with Crippen LogP contribution in [0.4, 0.5) is 42.8 Å². The molecule has 43 heavy (non-hydrogen) atoms. The Bertz CT molecular complexity index is 1470. The number of halogens is 6. The summed E-state index contributed by atoms with van der Waals surface area (Å²) in [5.41, 5.74) is 5.15. The number of rotatable bonds is 9. The number of aromatic nitrogens is 2. The van der Waals surface area contributed by atoms with Crippen molar-refractivity contribution < 1.29 is 45.8 Å². The normalized spacial score (nSPS) is 14.4. The Kier molecular flexibility index (Phi) is 9.30. The number of benzene rings is 2. The standard InChI is InChI=1S/C28H27F6N5O4/c29-27(30,31)20-15-36-25(37-21(20)7-5-16-3-1-2-4-18(16)14-24(35)40)38-22-8-6-19(13-23(22)43-28(32,33)34)17-9-11-39(12-10-17)26(41)42/h1-4,6,8,13,15,17H,5,7,9-12,14H2,(H2,35,40)(H,41,42)(H,36,37,38). The molecule has 3 aromatic rings. The van der Waals surface area contributed by atoms with Crippen LogP contribution in [0.15, 0.2) is 48.7 Å². The Balaban J connectivity index is 1.61. The lowest BCUT2D eigenvalue weighted by atomic mass is 9.89. The third-order valence-corrected chi connectivity index (χ3v) is 7.00. The van der Waals surface area contributed by atoms with Crippen LogP contribution in [0.1, 0.15) is 46.7 Å². The zero-order valence-electron chi connectivity index (χ0n) is 22.5. The van der Waals surface area contributed by atoms with Gasteiger partial charge in [-0.3, -0.25) is 4.79 Å². The molecule has 0 bridgehead atoms. The van der Waals surface area contributed by atoms with E-state index in [0.717, 1.165) is 6.07 Å². The van der Waals surface area contributed by atoms with E-state index in [1.807, 2.05) is 0 Å². The Morgan fingerprint density at radius 1 is 1.02 bits per heavy atom. The summed E-state index contributed by atoms with van der Waals surface area (Å²) in [4.78, 5) is 31.5. The van der Waals surface area contributed by atoms with Gasteiger partial charge in [0.25, 0.3) is 0 Å². The highest BCUT2D eigenvalue weighted by Crippen LogP contribution is 2.38. The minimum absolute atomic E-state index is 0.0703. The van der Waals surface area contributed by atoms with E-state index in [1.54, 1.807) is 24.3 Å². The monoisotopic (exact) mass is 611 g/mol. The number of carboxylic acid groups (broad SMARTS) is 1. The van der Waals surface area contributed by atoms with Crippen molar-refractivity contribution in [3.63, 3.8) is 0 Å². The number of aryl methyl sites for hydroxylation is 2. The number of anilines is 2. The van der Waals surface area contributed by atoms with Crippen LogP contribution in [-0.2, 0) is 30.2 Å². The number of hydrogen-bond acceptors (Lipinski definition) is 6. The van der Waals surface area contributed by atoms with Crippen molar-refractivity contribution in [2.75, 3.05) is 18.4 Å². The maximum atomic E-state index is 13.8. The second-order valence-electron chi connectivity index (χ2n) is 9.94. The molecule has 4 rings (SSSR count). The number of likely N-dealkylation sites (tertiary alicyclic amines) is 1. The molecule has 0 radical (unpaired) electrons. The molecule has 2 aromatic carbocycles. The van der Waals surface area contributed by atoms with Crippen molar-refractivity contribution in [3.8, 4) is 5.75 Å². The largest absolute Gasteiger partial charge is 0.573 e. The van der Waals surface area contributed by atoms with E-state index in [2.05, 4.69) is 20.0 Å². The van der Waals surface area contributed by atoms with Crippen molar-refractivity contribution in [2.24, 2.45) is 5.73 Å². The molecule has 1 aliphatic heterocycles. The highest BCUT2D eigenvalue weighted by molar-refractivity contribution is 5.77. The van der Waals surface area contributed by atoms with Gasteiger partial charge in [-0.1, -0.05) is 30.3 Å². The van der Waals surface area contributed by atoms with E-state index in [1.165, 1.54) is 17.0 Å². The summed E-state index contributed by atoms with van der Waals surface area (Å²) in [6, 6.07) is 10.6. The molecule has 0 spiro atoms. The highest BCUT2D eigenvalue weighted by atomic mass is 19.4. The number of piperidine rings is 1. The smallest absolute Gasteiger partial charge is 0.465 e. The number of nitrogens with one attached hydrogen (secondary N) is 1. The summed E-state index contributed by atoms with van der Waals surface area (Å²) in [5.74, 6) is -1.86. The molecule has 2 amide bonds. The lowest BCUT2D eigenvalue weighted by molar-refractivity contribution is -0.274. The van der Waals surface area contributed by atoms with Crippen molar-refractivity contribution in [3.05, 3.63) is 76.6 Å². The molecule has 9 nitrogen and oxygen atoms in total. The van der Waals surface area contributed by atoms with Crippen LogP contribution in [0.25, 0.3) is 0 Å². The average Bonchev–Trinajstić information content (AvgIpc) is 2.92. The van der Waals surface area contributed by atoms with Crippen LogP contribution in [0.5, 0.6) is 5.75 Å². The first kappa shape index (κ1) is 31.4. The van der Waals surface area contributed by atoms with Crippen LogP contribution in [0, 0.1) is 0 Å². The van der Waals surface area contributed by atoms with E-state index in [9.17, 15) is 35.9 Å². The Morgan fingerprint density at radius 3 is 2.30 bits per heavy atom. The predicted octanol–water partition coefficient (Wildman–Crippen LogP) is 5.81. The number of amides is 2. The molecule has 15 heteroatoms. The molecule has 2 heterocycles. The van der Waals surface area contributed by atoms with Gasteiger partial charge in [0.2, 0.25) is 11.9 Å². The lowest BCUT2D eigenvalue weighted by Gasteiger charge is -2.30. The van der Waals surface area contributed by atoms with Crippen LogP contribution in [0.2, 0.25) is 0 Å². The fourth-order valence-corrected chi connectivity index (χ4v) is 4.95. The molecule has 0 unspecified atom stereocenters. The van der Waals surface area contributed by atoms with Crippen LogP contribution >= 0.6 is 0 Å². The maximum absolute atomic E-state index is 13.8. The summed E-state index contributed by atoms with van der Waals surface area (Å²) in [7, 11) is 0. The molecule has 1 aromatic heterocycles. The summed E-state index contributed by atoms with van der Waals surface area (Å²) < 4.78 is 85.4. The number of hydrogen-bond donors (Lipinski definition) is 3. The van der Waals surface area contributed by atoms with Gasteiger partial charge >= 0.3 is 18.6 Å². The van der Waals surface area contributed by atoms with Crippen molar-refractivity contribution in [2.45, 2.75) is 50.6 Å². The molecular weight excluding hydrogens is 584 g/mol. The van der Waals surface area contributed by atoms with Crippen molar-refractivity contribution >= 4 is 23.6 Å². The third-order valence-electron chi connectivity index (χ3n) is 7.00. The van der Waals surface area contributed by atoms with Gasteiger partial charge in [-0.2, -0.15) is 13.2 Å². The summed E-state index contributed by atoms with van der Waals surface area (Å²) in [6.45, 7) is 0.426. The van der Waals surface area contributed by atoms with Gasteiger partial charge in [-0.05, 0) is 60.4 Å². The lowest BCUT2D eigenvalue weighted by Crippen LogP contribution is -2.36. The molecular formula is C28H27F6N5O4. The number of nitrogens with two attached hydrogens (primary N) is 1. The molecule has 1 fully saturated rings. The van der Waals surface area contributed by atoms with E-state index >= 15 is 0 Å². The first-order valence-corrected chi connectivity index (χ1v) is 13.1. The van der Waals surface area contributed by atoms with E-state index < -0.39 is 41.5 Å². The zero-order valence-corrected chi connectivity index (χ0v) is 22.5. The molecule has 230 valence electrons. The summed E-state index contributed by atoms with van der Waals surface area (Å²) in [6.07, 6.45) is -9.89. The summed E-state index contributed by atoms with van der Waals surface area (Å²) >= 11 is 0. The topological polar surface area (TPSA) is 131 Å². The second kappa shape index (κ2) is 12.8. The van der Waals surface area contributed by atoms with Gasteiger partial charge in [0.15, 0.2) is 5.75 Å². The minimum Gasteiger partial charge on any atom is -0.465 e. The number of carbonyl (C=O) groups excluding carboxylic acids is 1. The van der Waals surface area contributed by atoms with Gasteiger partial charge < -0.3 is 25.8 Å². The summed E-state index contributed by atoms with van der Waals surface area (Å²) in [5, 5.41) is 11.7. The average molecular weight is 612 g/mol. The van der Waals surface area contributed by atoms with Crippen LogP contribution in [0.3, 0.4) is 0 Å². The zero-order chi connectivity index (χ0) is 31.4. The molecule has 0 atom stereocenters. The first-order chi connectivity index (χ1) is 20.2. The van der Waals surface area contributed by atoms with Gasteiger partial charge in [-0.25, -0.2) is 14.8 Å². The number of alkyl halides is 6. The van der Waals surface area contributed by atoms with Gasteiger partial charge in [0.1, 0.15) is 0 Å². The van der Waals surface area contributed by atoms with Crippen LogP contribution in [-0.4, -0.2) is 51.4 Å². The Labute approximate surface area is 241 Å². The van der Waals surface area contributed by atoms with E-state index in [4.69, 9.17) is 10.8 Å². The van der Waals surface area contributed by atoms with E-state index in [-0.39, 0.29) is 49.9 Å². The second-order valence-corrected chi connectivity index (χ2v) is 9.94. The fraction of sp³-hybridized carbons (Fsp3) is 0.357. The molecule has 0 saturated carbocycles. The van der Waals surface area contributed by atoms with Crippen molar-refractivity contribution in [1.82, 2.24) is 14.9 Å². The number of carbonyl (C=O) groups is 2.